The minimum Gasteiger partial charge on any atom is -0.487 e. The van der Waals surface area contributed by atoms with Gasteiger partial charge in [0.15, 0.2) is 5.11 Å². The first-order chi connectivity index (χ1) is 16.2. The minimum absolute atomic E-state index is 0.0369. The number of benzene rings is 3. The third kappa shape index (κ3) is 5.32. The van der Waals surface area contributed by atoms with Crippen LogP contribution in [-0.2, 0) is 16.2 Å². The molecule has 0 aliphatic carbocycles. The molecule has 1 saturated heterocycles. The second kappa shape index (κ2) is 10.5. The molecule has 0 spiro atoms. The van der Waals surface area contributed by atoms with Crippen LogP contribution in [0.2, 0.25) is 5.02 Å². The number of amides is 2. The lowest BCUT2D eigenvalue weighted by Crippen LogP contribution is -2.54. The van der Waals surface area contributed by atoms with Crippen molar-refractivity contribution in [2.24, 2.45) is 0 Å². The Labute approximate surface area is 227 Å². The number of hydrogen-bond donors (Lipinski definition) is 1. The van der Waals surface area contributed by atoms with Gasteiger partial charge in [0.25, 0.3) is 11.8 Å². The van der Waals surface area contributed by atoms with Crippen LogP contribution in [0, 0.1) is 9.39 Å². The van der Waals surface area contributed by atoms with E-state index in [1.807, 2.05) is 12.1 Å². The van der Waals surface area contributed by atoms with Gasteiger partial charge < -0.3 is 4.74 Å². The van der Waals surface area contributed by atoms with Gasteiger partial charge >= 0.3 is 0 Å². The fraction of sp³-hybridized carbons (Fsp3) is 0.0417. The summed E-state index contributed by atoms with van der Waals surface area (Å²) < 4.78 is 21.7. The Kier molecular flexibility index (Phi) is 7.66. The Hall–Kier alpha value is -2.34. The second-order valence-electron chi connectivity index (χ2n) is 7.14. The van der Waals surface area contributed by atoms with Gasteiger partial charge in [-0.05, 0) is 104 Å². The highest BCUT2D eigenvalue weighted by Crippen LogP contribution is 2.34. The molecule has 5 nitrogen and oxygen atoms in total. The highest BCUT2D eigenvalue weighted by molar-refractivity contribution is 14.1. The van der Waals surface area contributed by atoms with Crippen LogP contribution < -0.4 is 15.0 Å². The van der Waals surface area contributed by atoms with E-state index in [0.29, 0.717) is 27.4 Å². The standard InChI is InChI=1S/C24H14BrClFIN2O3S/c25-17-10-14(11-19(28)21(17)33-12-13-5-7-15(26)8-6-13)9-16-22(31)29-24(34)30(23(16)32)20-4-2-1-3-18(20)27/h1-11H,12H2,(H,29,31,34)/b16-9+. The van der Waals surface area contributed by atoms with Crippen LogP contribution >= 0.6 is 62.3 Å². The summed E-state index contributed by atoms with van der Waals surface area (Å²) in [6.07, 6.45) is 1.43. The zero-order chi connectivity index (χ0) is 24.4. The van der Waals surface area contributed by atoms with Crippen molar-refractivity contribution in [2.75, 3.05) is 4.90 Å². The number of para-hydroxylation sites is 1. The molecular formula is C24H14BrClFIN2O3S. The Morgan fingerprint density at radius 3 is 2.53 bits per heavy atom. The molecule has 1 aliphatic heterocycles. The van der Waals surface area contributed by atoms with Gasteiger partial charge in [0.1, 0.15) is 23.7 Å². The normalized spacial score (nSPS) is 15.0. The van der Waals surface area contributed by atoms with E-state index in [1.54, 1.807) is 30.3 Å². The molecule has 172 valence electrons. The maximum atomic E-state index is 14.3. The summed E-state index contributed by atoms with van der Waals surface area (Å²) in [5.41, 5.74) is 1.32. The third-order valence-corrected chi connectivity index (χ3v) is 6.75. The van der Waals surface area contributed by atoms with Crippen LogP contribution in [0.25, 0.3) is 6.08 Å². The molecule has 3 aromatic carbocycles. The van der Waals surface area contributed by atoms with Gasteiger partial charge in [-0.1, -0.05) is 35.9 Å². The molecule has 1 aliphatic rings. The Bertz CT molecular complexity index is 1330. The number of ether oxygens (including phenoxy) is 1. The summed E-state index contributed by atoms with van der Waals surface area (Å²) in [6.45, 7) is 0.335. The van der Waals surface area contributed by atoms with Crippen LogP contribution in [-0.4, -0.2) is 16.9 Å². The fourth-order valence-corrected chi connectivity index (χ4v) is 5.38. The van der Waals surface area contributed by atoms with Crippen LogP contribution in [0.1, 0.15) is 11.1 Å². The predicted octanol–water partition coefficient (Wildman–Crippen LogP) is 6.26. The first kappa shape index (κ1) is 24.8. The largest absolute Gasteiger partial charge is 0.487 e. The Morgan fingerprint density at radius 2 is 1.85 bits per heavy atom. The lowest BCUT2D eigenvalue weighted by atomic mass is 10.1. The molecule has 1 N–H and O–H groups in total. The first-order valence-corrected chi connectivity index (χ1v) is 12.4. The summed E-state index contributed by atoms with van der Waals surface area (Å²) in [5, 5.41) is 2.92. The number of anilines is 1. The van der Waals surface area contributed by atoms with E-state index in [4.69, 9.17) is 28.6 Å². The number of halogens is 4. The molecule has 2 amide bonds. The number of carbonyl (C=O) groups excluding carboxylic acids is 2. The van der Waals surface area contributed by atoms with Gasteiger partial charge in [-0.3, -0.25) is 14.9 Å². The van der Waals surface area contributed by atoms with Gasteiger partial charge in [-0.2, -0.15) is 0 Å². The molecule has 0 aromatic heterocycles. The SMILES string of the molecule is O=C1NC(=S)N(c2ccccc2F)C(=O)/C1=C/c1cc(Br)c(OCc2ccc(Cl)cc2)c(I)c1. The van der Waals surface area contributed by atoms with Gasteiger partial charge in [0, 0.05) is 5.02 Å². The lowest BCUT2D eigenvalue weighted by molar-refractivity contribution is -0.122. The molecule has 0 saturated carbocycles. The maximum Gasteiger partial charge on any atom is 0.270 e. The molecule has 1 fully saturated rings. The van der Waals surface area contributed by atoms with E-state index in [2.05, 4.69) is 43.8 Å². The van der Waals surface area contributed by atoms with Crippen molar-refractivity contribution in [1.29, 1.82) is 0 Å². The summed E-state index contributed by atoms with van der Waals surface area (Å²) >= 11 is 16.7. The predicted molar refractivity (Wildman–Crippen MR) is 145 cm³/mol. The lowest BCUT2D eigenvalue weighted by Gasteiger charge is -2.29. The van der Waals surface area contributed by atoms with Crippen molar-refractivity contribution in [3.8, 4) is 5.75 Å². The third-order valence-electron chi connectivity index (χ3n) is 4.82. The molecule has 1 heterocycles. The molecule has 34 heavy (non-hydrogen) atoms. The van der Waals surface area contributed by atoms with E-state index >= 15 is 0 Å². The molecule has 0 atom stereocenters. The van der Waals surface area contributed by atoms with Crippen LogP contribution in [0.15, 0.2) is 70.7 Å². The number of rotatable bonds is 5. The highest BCUT2D eigenvalue weighted by atomic mass is 127. The summed E-state index contributed by atoms with van der Waals surface area (Å²) in [4.78, 5) is 26.6. The molecule has 0 unspecified atom stereocenters. The zero-order valence-corrected chi connectivity index (χ0v) is 22.5. The van der Waals surface area contributed by atoms with Crippen LogP contribution in [0.5, 0.6) is 5.75 Å². The van der Waals surface area contributed by atoms with Crippen molar-refractivity contribution in [3.05, 3.63) is 96.2 Å². The average Bonchev–Trinajstić information content (AvgIpc) is 2.78. The maximum absolute atomic E-state index is 14.3. The van der Waals surface area contributed by atoms with Gasteiger partial charge in [0.2, 0.25) is 0 Å². The van der Waals surface area contributed by atoms with E-state index in [-0.39, 0.29) is 16.4 Å². The zero-order valence-electron chi connectivity index (χ0n) is 17.2. The number of nitrogens with zero attached hydrogens (tertiary/aromatic N) is 1. The number of nitrogens with one attached hydrogen (secondary N) is 1. The monoisotopic (exact) mass is 670 g/mol. The highest BCUT2D eigenvalue weighted by Gasteiger charge is 2.35. The summed E-state index contributed by atoms with van der Waals surface area (Å²) in [6, 6.07) is 16.5. The number of thiocarbonyl (C=S) groups is 1. The van der Waals surface area contributed by atoms with Crippen LogP contribution in [0.3, 0.4) is 0 Å². The summed E-state index contributed by atoms with van der Waals surface area (Å²) in [7, 11) is 0. The molecule has 0 radical (unpaired) electrons. The van der Waals surface area contributed by atoms with E-state index in [9.17, 15) is 14.0 Å². The average molecular weight is 672 g/mol. The molecular weight excluding hydrogens is 658 g/mol. The van der Waals surface area contributed by atoms with Gasteiger partial charge in [0.05, 0.1) is 13.7 Å². The van der Waals surface area contributed by atoms with Crippen molar-refractivity contribution in [3.63, 3.8) is 0 Å². The molecule has 4 rings (SSSR count). The second-order valence-corrected chi connectivity index (χ2v) is 9.98. The minimum atomic E-state index is -0.715. The van der Waals surface area contributed by atoms with Gasteiger partial charge in [-0.15, -0.1) is 0 Å². The molecule has 3 aromatic rings. The van der Waals surface area contributed by atoms with E-state index < -0.39 is 17.6 Å². The number of hydrogen-bond acceptors (Lipinski definition) is 4. The van der Waals surface area contributed by atoms with E-state index in [0.717, 1.165) is 14.0 Å². The smallest absolute Gasteiger partial charge is 0.270 e. The van der Waals surface area contributed by atoms with Gasteiger partial charge in [-0.25, -0.2) is 9.29 Å². The van der Waals surface area contributed by atoms with Crippen molar-refractivity contribution in [2.45, 2.75) is 6.61 Å². The summed E-state index contributed by atoms with van der Waals surface area (Å²) in [5.74, 6) is -1.38. The van der Waals surface area contributed by atoms with Crippen LogP contribution in [0.4, 0.5) is 10.1 Å². The Balaban J connectivity index is 1.61. The van der Waals surface area contributed by atoms with Crippen molar-refractivity contribution < 1.29 is 18.7 Å². The quantitative estimate of drug-likeness (QED) is 0.151. The topological polar surface area (TPSA) is 58.6 Å². The Morgan fingerprint density at radius 1 is 1.15 bits per heavy atom. The van der Waals surface area contributed by atoms with E-state index in [1.165, 1.54) is 24.3 Å². The molecule has 10 heteroatoms. The van der Waals surface area contributed by atoms with Crippen molar-refractivity contribution >= 4 is 91.0 Å². The molecule has 0 bridgehead atoms. The first-order valence-electron chi connectivity index (χ1n) is 9.77. The van der Waals surface area contributed by atoms with Crippen molar-refractivity contribution in [1.82, 2.24) is 5.32 Å². The fourth-order valence-electron chi connectivity index (χ4n) is 3.21. The number of carbonyl (C=O) groups is 2.